The molecular weight excluding hydrogens is 243 g/mol. The molecule has 19 heavy (non-hydrogen) atoms. The van der Waals surface area contributed by atoms with Crippen molar-refractivity contribution in [2.24, 2.45) is 0 Å². The fraction of sp³-hybridized carbons (Fsp3) is 0.400. The van der Waals surface area contributed by atoms with Gasteiger partial charge in [-0.1, -0.05) is 31.0 Å². The first kappa shape index (κ1) is 12.4. The third-order valence-corrected chi connectivity index (χ3v) is 3.82. The molecule has 1 aliphatic rings. The summed E-state index contributed by atoms with van der Waals surface area (Å²) in [5.41, 5.74) is 1.31. The van der Waals surface area contributed by atoms with Crippen molar-refractivity contribution in [1.82, 2.24) is 9.78 Å². The predicted molar refractivity (Wildman–Crippen MR) is 71.1 cm³/mol. The van der Waals surface area contributed by atoms with Crippen LogP contribution < -0.4 is 0 Å². The molecule has 0 spiro atoms. The van der Waals surface area contributed by atoms with Gasteiger partial charge in [0.15, 0.2) is 0 Å². The lowest BCUT2D eigenvalue weighted by Crippen LogP contribution is -2.27. The average Bonchev–Trinajstić information content (AvgIpc) is 2.89. The Balaban J connectivity index is 1.89. The van der Waals surface area contributed by atoms with E-state index in [-0.39, 0.29) is 18.0 Å². The highest BCUT2D eigenvalue weighted by atomic mass is 19.1. The Morgan fingerprint density at radius 1 is 1.21 bits per heavy atom. The smallest absolute Gasteiger partial charge is 0.131 e. The summed E-state index contributed by atoms with van der Waals surface area (Å²) in [6, 6.07) is 6.70. The Kier molecular flexibility index (Phi) is 3.34. The van der Waals surface area contributed by atoms with Crippen LogP contribution in [0.15, 0.2) is 36.7 Å². The van der Waals surface area contributed by atoms with Crippen LogP contribution in [-0.4, -0.2) is 21.0 Å². The second-order valence-electron chi connectivity index (χ2n) is 5.11. The number of halogens is 1. The highest BCUT2D eigenvalue weighted by Gasteiger charge is 2.25. The molecule has 1 N–H and O–H groups in total. The molecule has 0 bridgehead atoms. The molecule has 0 saturated heterocycles. The van der Waals surface area contributed by atoms with Crippen molar-refractivity contribution in [3.8, 4) is 11.1 Å². The summed E-state index contributed by atoms with van der Waals surface area (Å²) >= 11 is 0. The molecule has 2 aromatic rings. The van der Waals surface area contributed by atoms with Gasteiger partial charge in [0.1, 0.15) is 5.82 Å². The van der Waals surface area contributed by atoms with Crippen LogP contribution >= 0.6 is 0 Å². The van der Waals surface area contributed by atoms with Crippen molar-refractivity contribution < 1.29 is 9.50 Å². The number of nitrogens with zero attached hydrogens (tertiary/aromatic N) is 2. The highest BCUT2D eigenvalue weighted by Crippen LogP contribution is 2.30. The molecule has 1 fully saturated rings. The molecule has 0 amide bonds. The Morgan fingerprint density at radius 2 is 2.00 bits per heavy atom. The van der Waals surface area contributed by atoms with Gasteiger partial charge < -0.3 is 5.11 Å². The molecule has 1 heterocycles. The van der Waals surface area contributed by atoms with Gasteiger partial charge in [-0.3, -0.25) is 4.68 Å². The monoisotopic (exact) mass is 260 g/mol. The third-order valence-electron chi connectivity index (χ3n) is 3.82. The van der Waals surface area contributed by atoms with E-state index in [1.165, 1.54) is 6.07 Å². The quantitative estimate of drug-likeness (QED) is 0.900. The van der Waals surface area contributed by atoms with E-state index in [2.05, 4.69) is 5.10 Å². The van der Waals surface area contributed by atoms with Gasteiger partial charge in [-0.05, 0) is 18.9 Å². The van der Waals surface area contributed by atoms with Crippen LogP contribution in [0.5, 0.6) is 0 Å². The molecule has 4 heteroatoms. The standard InChI is InChI=1S/C15H17FN2O/c16-13-6-2-1-5-12(13)11-9-17-18(10-11)14-7-3-4-8-15(14)19/h1-2,5-6,9-10,14-15,19H,3-4,7-8H2. The molecule has 1 aromatic heterocycles. The van der Waals surface area contributed by atoms with Crippen molar-refractivity contribution in [3.05, 3.63) is 42.5 Å². The van der Waals surface area contributed by atoms with Crippen LogP contribution in [-0.2, 0) is 0 Å². The van der Waals surface area contributed by atoms with E-state index >= 15 is 0 Å². The zero-order valence-electron chi connectivity index (χ0n) is 10.7. The van der Waals surface area contributed by atoms with Crippen LogP contribution in [0.3, 0.4) is 0 Å². The van der Waals surface area contributed by atoms with E-state index in [1.54, 1.807) is 23.0 Å². The lowest BCUT2D eigenvalue weighted by Gasteiger charge is -2.27. The Hall–Kier alpha value is -1.68. The fourth-order valence-corrected chi connectivity index (χ4v) is 2.75. The first-order valence-electron chi connectivity index (χ1n) is 6.73. The summed E-state index contributed by atoms with van der Waals surface area (Å²) in [7, 11) is 0. The largest absolute Gasteiger partial charge is 0.391 e. The summed E-state index contributed by atoms with van der Waals surface area (Å²) < 4.78 is 15.5. The molecule has 0 aliphatic heterocycles. The number of rotatable bonds is 2. The van der Waals surface area contributed by atoms with Gasteiger partial charge in [-0.15, -0.1) is 0 Å². The number of hydrogen-bond donors (Lipinski definition) is 1. The lowest BCUT2D eigenvalue weighted by atomic mass is 9.93. The summed E-state index contributed by atoms with van der Waals surface area (Å²) in [6.07, 6.45) is 7.08. The Labute approximate surface area is 111 Å². The SMILES string of the molecule is OC1CCCCC1n1cc(-c2ccccc2F)cn1. The number of hydrogen-bond acceptors (Lipinski definition) is 2. The number of aliphatic hydroxyl groups excluding tert-OH is 1. The van der Waals surface area contributed by atoms with E-state index in [0.29, 0.717) is 5.56 Å². The van der Waals surface area contributed by atoms with Crippen LogP contribution in [0.2, 0.25) is 0 Å². The van der Waals surface area contributed by atoms with Gasteiger partial charge in [0, 0.05) is 17.3 Å². The molecule has 1 aromatic carbocycles. The summed E-state index contributed by atoms with van der Waals surface area (Å²) in [5, 5.41) is 14.3. The van der Waals surface area contributed by atoms with Crippen molar-refractivity contribution in [2.75, 3.05) is 0 Å². The van der Waals surface area contributed by atoms with Gasteiger partial charge in [0.05, 0.1) is 18.3 Å². The van der Waals surface area contributed by atoms with Gasteiger partial charge >= 0.3 is 0 Å². The van der Waals surface area contributed by atoms with Crippen LogP contribution in [0.1, 0.15) is 31.7 Å². The van der Waals surface area contributed by atoms with E-state index in [0.717, 1.165) is 31.2 Å². The summed E-state index contributed by atoms with van der Waals surface area (Å²) in [4.78, 5) is 0. The average molecular weight is 260 g/mol. The van der Waals surface area contributed by atoms with E-state index in [9.17, 15) is 9.50 Å². The van der Waals surface area contributed by atoms with E-state index in [4.69, 9.17) is 0 Å². The minimum Gasteiger partial charge on any atom is -0.391 e. The normalized spacial score (nSPS) is 23.5. The maximum Gasteiger partial charge on any atom is 0.131 e. The van der Waals surface area contributed by atoms with Crippen molar-refractivity contribution in [3.63, 3.8) is 0 Å². The highest BCUT2D eigenvalue weighted by molar-refractivity contribution is 5.62. The number of aromatic nitrogens is 2. The zero-order chi connectivity index (χ0) is 13.2. The van der Waals surface area contributed by atoms with Crippen LogP contribution in [0.25, 0.3) is 11.1 Å². The zero-order valence-corrected chi connectivity index (χ0v) is 10.7. The molecular formula is C15H17FN2O. The topological polar surface area (TPSA) is 38.0 Å². The number of benzene rings is 1. The van der Waals surface area contributed by atoms with Crippen molar-refractivity contribution >= 4 is 0 Å². The first-order valence-corrected chi connectivity index (χ1v) is 6.73. The molecule has 2 atom stereocenters. The maximum atomic E-state index is 13.7. The Morgan fingerprint density at radius 3 is 2.79 bits per heavy atom. The lowest BCUT2D eigenvalue weighted by molar-refractivity contribution is 0.0695. The maximum absolute atomic E-state index is 13.7. The summed E-state index contributed by atoms with van der Waals surface area (Å²) in [6.45, 7) is 0. The molecule has 1 aliphatic carbocycles. The minimum atomic E-state index is -0.345. The number of aliphatic hydroxyl groups is 1. The predicted octanol–water partition coefficient (Wildman–Crippen LogP) is 3.17. The van der Waals surface area contributed by atoms with Crippen molar-refractivity contribution in [2.45, 2.75) is 37.8 Å². The van der Waals surface area contributed by atoms with Gasteiger partial charge in [0.2, 0.25) is 0 Å². The second kappa shape index (κ2) is 5.13. The van der Waals surface area contributed by atoms with Gasteiger partial charge in [-0.25, -0.2) is 4.39 Å². The molecule has 2 unspecified atom stereocenters. The molecule has 1 saturated carbocycles. The summed E-state index contributed by atoms with van der Waals surface area (Å²) in [5.74, 6) is -0.244. The van der Waals surface area contributed by atoms with Crippen molar-refractivity contribution in [1.29, 1.82) is 0 Å². The fourth-order valence-electron chi connectivity index (χ4n) is 2.75. The van der Waals surface area contributed by atoms with E-state index in [1.807, 2.05) is 12.3 Å². The molecule has 3 rings (SSSR count). The van der Waals surface area contributed by atoms with E-state index < -0.39 is 0 Å². The molecule has 3 nitrogen and oxygen atoms in total. The second-order valence-corrected chi connectivity index (χ2v) is 5.11. The third kappa shape index (κ3) is 2.40. The first-order chi connectivity index (χ1) is 9.25. The van der Waals surface area contributed by atoms with Crippen LogP contribution in [0, 0.1) is 5.82 Å². The molecule has 100 valence electrons. The van der Waals surface area contributed by atoms with Crippen LogP contribution in [0.4, 0.5) is 4.39 Å². The minimum absolute atomic E-state index is 0.0225. The molecule has 0 radical (unpaired) electrons. The van der Waals surface area contributed by atoms with Gasteiger partial charge in [-0.2, -0.15) is 5.10 Å². The van der Waals surface area contributed by atoms with Gasteiger partial charge in [0.25, 0.3) is 0 Å². The Bertz CT molecular complexity index is 567.